The van der Waals surface area contributed by atoms with Crippen LogP contribution in [0.4, 0.5) is 26.3 Å². The highest BCUT2D eigenvalue weighted by atomic mass is 79.9. The highest BCUT2D eigenvalue weighted by molar-refractivity contribution is 9.09. The van der Waals surface area contributed by atoms with Crippen molar-refractivity contribution in [3.63, 3.8) is 0 Å². The number of benzene rings is 2. The van der Waals surface area contributed by atoms with Crippen molar-refractivity contribution in [2.75, 3.05) is 39.4 Å². The summed E-state index contributed by atoms with van der Waals surface area (Å²) in [5.74, 6) is -0.187. The number of halogens is 7. The van der Waals surface area contributed by atoms with Gasteiger partial charge >= 0.3 is 12.7 Å². The fraction of sp³-hybridized carbons (Fsp3) is 0.308. The number of aromatic nitrogens is 4. The number of alkyl halides is 7. The van der Waals surface area contributed by atoms with E-state index < -0.39 is 12.7 Å². The number of ether oxygens (including phenoxy) is 5. The Labute approximate surface area is 249 Å². The molecule has 2 aromatic carbocycles. The average Bonchev–Trinajstić information content (AvgIpc) is 3.59. The summed E-state index contributed by atoms with van der Waals surface area (Å²) in [7, 11) is 3.24. The second-order valence-corrected chi connectivity index (χ2v) is 8.66. The van der Waals surface area contributed by atoms with Crippen molar-refractivity contribution in [3.05, 3.63) is 83.4 Å². The topological polar surface area (TPSA) is 102 Å². The smallest absolute Gasteiger partial charge is 0.474 e. The normalized spacial score (nSPS) is 11.1. The Morgan fingerprint density at radius 3 is 1.70 bits per heavy atom. The van der Waals surface area contributed by atoms with Crippen LogP contribution in [0.25, 0.3) is 11.4 Å². The van der Waals surface area contributed by atoms with Gasteiger partial charge in [0.05, 0.1) is 24.6 Å². The van der Waals surface area contributed by atoms with Crippen molar-refractivity contribution in [1.82, 2.24) is 19.6 Å². The minimum atomic E-state index is -4.71. The maximum atomic E-state index is 12.0. The van der Waals surface area contributed by atoms with E-state index in [1.807, 2.05) is 0 Å². The van der Waals surface area contributed by atoms with Crippen molar-refractivity contribution < 1.29 is 50.0 Å². The molecule has 0 aliphatic heterocycles. The van der Waals surface area contributed by atoms with Gasteiger partial charge < -0.3 is 23.7 Å². The number of rotatable bonds is 10. The Kier molecular flexibility index (Phi) is 14.1. The van der Waals surface area contributed by atoms with Crippen LogP contribution in [-0.2, 0) is 9.47 Å². The molecule has 0 bridgehead atoms. The summed E-state index contributed by atoms with van der Waals surface area (Å²) in [6, 6.07) is 13.5. The predicted octanol–water partition coefficient (Wildman–Crippen LogP) is 5.89. The molecule has 4 aromatic rings. The molecule has 0 fully saturated rings. The first-order chi connectivity index (χ1) is 20.3. The third-order valence-corrected chi connectivity index (χ3v) is 5.00. The summed E-state index contributed by atoms with van der Waals surface area (Å²) in [6.07, 6.45) is -6.29. The standard InChI is InChI=1S/C13H13F3N2O3.C10H7F3N2O2.C3H7BrO/c1-19-8-9-20-12-6-7-18(17-12)10-2-4-11(5-3-10)21-13(14,15)16;11-10(12,13)17-8-3-1-7(2-4-8)15-6-5-9(16)14-15;1-5-3-2-4/h2-7H,8-9H2,1H3;1-6H,(H,14,16);2-3H2,1H3. The third-order valence-electron chi connectivity index (χ3n) is 4.67. The van der Waals surface area contributed by atoms with E-state index in [1.54, 1.807) is 26.5 Å². The minimum absolute atomic E-state index is 0.282. The van der Waals surface area contributed by atoms with Crippen molar-refractivity contribution in [1.29, 1.82) is 0 Å². The van der Waals surface area contributed by atoms with Crippen LogP contribution in [0, 0.1) is 0 Å². The SMILES string of the molecule is COCCBr.COCCOc1ccn(-c2ccc(OC(F)(F)F)cc2)n1.O=c1ccn(-c2ccc(OC(F)(F)F)cc2)[nH]1. The lowest BCUT2D eigenvalue weighted by molar-refractivity contribution is -0.275. The number of hydrogen-bond donors (Lipinski definition) is 1. The van der Waals surface area contributed by atoms with E-state index in [0.29, 0.717) is 30.5 Å². The number of aromatic amines is 1. The molecule has 0 aliphatic rings. The van der Waals surface area contributed by atoms with Gasteiger partial charge in [-0.1, -0.05) is 15.9 Å². The van der Waals surface area contributed by atoms with Gasteiger partial charge in [0.25, 0.3) is 5.56 Å². The van der Waals surface area contributed by atoms with E-state index in [2.05, 4.69) is 40.3 Å². The fourth-order valence-electron chi connectivity index (χ4n) is 2.93. The Balaban J connectivity index is 0.000000264. The van der Waals surface area contributed by atoms with Crippen LogP contribution in [-0.4, -0.2) is 71.7 Å². The van der Waals surface area contributed by atoms with Gasteiger partial charge in [0.1, 0.15) is 18.1 Å². The van der Waals surface area contributed by atoms with E-state index in [-0.39, 0.29) is 17.1 Å². The molecule has 10 nitrogen and oxygen atoms in total. The molecule has 2 aromatic heterocycles. The maximum Gasteiger partial charge on any atom is 0.573 e. The Hall–Kier alpha value is -3.96. The molecule has 2 heterocycles. The van der Waals surface area contributed by atoms with Crippen LogP contribution < -0.4 is 19.8 Å². The number of hydrogen-bond acceptors (Lipinski definition) is 7. The Morgan fingerprint density at radius 1 is 0.744 bits per heavy atom. The van der Waals surface area contributed by atoms with Gasteiger partial charge in [0, 0.05) is 44.1 Å². The van der Waals surface area contributed by atoms with Crippen molar-refractivity contribution in [3.8, 4) is 28.8 Å². The van der Waals surface area contributed by atoms with Crippen molar-refractivity contribution in [2.45, 2.75) is 12.7 Å². The molecule has 43 heavy (non-hydrogen) atoms. The highest BCUT2D eigenvalue weighted by Gasteiger charge is 2.31. The second kappa shape index (κ2) is 17.2. The summed E-state index contributed by atoms with van der Waals surface area (Å²) in [4.78, 5) is 10.9. The van der Waals surface area contributed by atoms with E-state index in [4.69, 9.17) is 9.47 Å². The van der Waals surface area contributed by atoms with E-state index in [9.17, 15) is 31.1 Å². The minimum Gasteiger partial charge on any atom is -0.474 e. The quantitative estimate of drug-likeness (QED) is 0.126. The van der Waals surface area contributed by atoms with Gasteiger partial charge in [-0.3, -0.25) is 14.6 Å². The van der Waals surface area contributed by atoms with Crippen LogP contribution in [0.2, 0.25) is 0 Å². The molecule has 0 spiro atoms. The Morgan fingerprint density at radius 2 is 1.28 bits per heavy atom. The predicted molar refractivity (Wildman–Crippen MR) is 146 cm³/mol. The summed E-state index contributed by atoms with van der Waals surface area (Å²) >= 11 is 3.18. The molecule has 0 amide bonds. The second-order valence-electron chi connectivity index (χ2n) is 7.87. The number of methoxy groups -OCH3 is 2. The van der Waals surface area contributed by atoms with Crippen molar-refractivity contribution in [2.24, 2.45) is 0 Å². The average molecular weight is 685 g/mol. The third kappa shape index (κ3) is 14.2. The summed E-state index contributed by atoms with van der Waals surface area (Å²) in [6.45, 7) is 1.61. The summed E-state index contributed by atoms with van der Waals surface area (Å²) in [5.41, 5.74) is 0.827. The number of H-pyrrole nitrogens is 1. The molecule has 17 heteroatoms. The summed E-state index contributed by atoms with van der Waals surface area (Å²) < 4.78 is 97.0. The molecule has 236 valence electrons. The number of nitrogens with one attached hydrogen (secondary N) is 1. The zero-order chi connectivity index (χ0) is 31.9. The molecule has 4 rings (SSSR count). The van der Waals surface area contributed by atoms with Gasteiger partial charge in [0.2, 0.25) is 5.88 Å². The molecule has 0 aliphatic carbocycles. The maximum absolute atomic E-state index is 12.0. The highest BCUT2D eigenvalue weighted by Crippen LogP contribution is 2.24. The van der Waals surface area contributed by atoms with Crippen LogP contribution in [0.15, 0.2) is 77.9 Å². The molecule has 0 saturated carbocycles. The van der Waals surface area contributed by atoms with E-state index >= 15 is 0 Å². The van der Waals surface area contributed by atoms with Gasteiger partial charge in [-0.05, 0) is 48.5 Å². The van der Waals surface area contributed by atoms with Gasteiger partial charge in [-0.15, -0.1) is 31.4 Å². The molecule has 0 unspecified atom stereocenters. The molecule has 0 radical (unpaired) electrons. The van der Waals surface area contributed by atoms with E-state index in [1.165, 1.54) is 70.2 Å². The van der Waals surface area contributed by atoms with E-state index in [0.717, 1.165) is 11.9 Å². The van der Waals surface area contributed by atoms with Crippen LogP contribution in [0.3, 0.4) is 0 Å². The summed E-state index contributed by atoms with van der Waals surface area (Å²) in [5, 5.41) is 7.52. The lowest BCUT2D eigenvalue weighted by atomic mass is 10.3. The zero-order valence-corrected chi connectivity index (χ0v) is 24.3. The van der Waals surface area contributed by atoms with Gasteiger partial charge in [0.15, 0.2) is 0 Å². The molecular formula is C26H27BrF6N4O6. The van der Waals surface area contributed by atoms with Crippen molar-refractivity contribution >= 4 is 15.9 Å². The Bertz CT molecular complexity index is 1390. The van der Waals surface area contributed by atoms with Crippen LogP contribution in [0.5, 0.6) is 17.4 Å². The fourth-order valence-corrected chi connectivity index (χ4v) is 3.25. The first-order valence-electron chi connectivity index (χ1n) is 12.1. The first-order valence-corrected chi connectivity index (χ1v) is 13.2. The lowest BCUT2D eigenvalue weighted by Gasteiger charge is -2.09. The molecular weight excluding hydrogens is 658 g/mol. The van der Waals surface area contributed by atoms with Gasteiger partial charge in [-0.25, -0.2) is 4.68 Å². The zero-order valence-electron chi connectivity index (χ0n) is 22.7. The molecule has 0 atom stereocenters. The number of nitrogens with zero attached hydrogens (tertiary/aromatic N) is 3. The van der Waals surface area contributed by atoms with Crippen LogP contribution >= 0.6 is 15.9 Å². The molecule has 0 saturated heterocycles. The monoisotopic (exact) mass is 684 g/mol. The van der Waals surface area contributed by atoms with Gasteiger partial charge in [-0.2, -0.15) is 0 Å². The molecule has 1 N–H and O–H groups in total. The lowest BCUT2D eigenvalue weighted by Crippen LogP contribution is -2.17. The van der Waals surface area contributed by atoms with Crippen LogP contribution in [0.1, 0.15) is 0 Å². The first kappa shape index (κ1) is 35.2. The largest absolute Gasteiger partial charge is 0.573 e.